The summed E-state index contributed by atoms with van der Waals surface area (Å²) in [7, 11) is 0. The van der Waals surface area contributed by atoms with E-state index in [1.807, 2.05) is 23.9 Å². The minimum atomic E-state index is 0.653. The van der Waals surface area contributed by atoms with Crippen LogP contribution in [0, 0.1) is 0 Å². The van der Waals surface area contributed by atoms with Gasteiger partial charge in [-0.05, 0) is 0 Å². The van der Waals surface area contributed by atoms with Crippen LogP contribution < -0.4 is 0 Å². The Balaban J connectivity index is 0.000000223. The lowest BCUT2D eigenvalue weighted by Crippen LogP contribution is -2.08. The molecular weight excluding hydrogens is 188 g/mol. The monoisotopic (exact) mass is 204 g/mol. The van der Waals surface area contributed by atoms with Gasteiger partial charge in [-0.25, -0.2) is 9.78 Å². The molecule has 0 N–H and O–H groups in total. The summed E-state index contributed by atoms with van der Waals surface area (Å²) in [4.78, 5) is 8.69. The maximum absolute atomic E-state index is 4.35. The standard InChI is InChI=1S/C6H10S.C3H6O3/c1-3-5-7-6-4-2;1-2-4-6-5-3-1/h3-4H,1-2,5-6H2;1-3H2. The molecule has 0 aromatic heterocycles. The van der Waals surface area contributed by atoms with Gasteiger partial charge >= 0.3 is 0 Å². The summed E-state index contributed by atoms with van der Waals surface area (Å²) in [5.74, 6) is 2.07. The van der Waals surface area contributed by atoms with Crippen molar-refractivity contribution in [2.24, 2.45) is 0 Å². The number of hydrogen-bond donors (Lipinski definition) is 0. The van der Waals surface area contributed by atoms with Crippen LogP contribution in [0.4, 0.5) is 0 Å². The molecule has 1 aliphatic heterocycles. The van der Waals surface area contributed by atoms with Crippen molar-refractivity contribution in [2.75, 3.05) is 24.7 Å². The van der Waals surface area contributed by atoms with E-state index in [2.05, 4.69) is 28.0 Å². The van der Waals surface area contributed by atoms with E-state index in [-0.39, 0.29) is 0 Å². The average molecular weight is 204 g/mol. The number of rotatable bonds is 4. The van der Waals surface area contributed by atoms with Crippen LogP contribution in [0.25, 0.3) is 0 Å². The van der Waals surface area contributed by atoms with Crippen molar-refractivity contribution in [2.45, 2.75) is 6.42 Å². The Morgan fingerprint density at radius 2 is 1.62 bits per heavy atom. The van der Waals surface area contributed by atoms with Crippen molar-refractivity contribution in [1.82, 2.24) is 0 Å². The first-order chi connectivity index (χ1) is 6.41. The molecule has 0 radical (unpaired) electrons. The quantitative estimate of drug-likeness (QED) is 0.399. The predicted octanol–water partition coefficient (Wildman–Crippen LogP) is 2.36. The molecule has 0 saturated carbocycles. The Hall–Kier alpha value is -0.290. The van der Waals surface area contributed by atoms with E-state index in [9.17, 15) is 0 Å². The molecule has 0 aromatic rings. The van der Waals surface area contributed by atoms with E-state index >= 15 is 0 Å². The molecule has 76 valence electrons. The van der Waals surface area contributed by atoms with Crippen molar-refractivity contribution in [3.8, 4) is 0 Å². The maximum Gasteiger partial charge on any atom is 0.0877 e. The molecule has 0 aliphatic carbocycles. The topological polar surface area (TPSA) is 27.7 Å². The summed E-state index contributed by atoms with van der Waals surface area (Å²) in [6.07, 6.45) is 4.72. The largest absolute Gasteiger partial charge is 0.206 e. The molecule has 0 spiro atoms. The van der Waals surface area contributed by atoms with Gasteiger partial charge in [0, 0.05) is 17.9 Å². The maximum atomic E-state index is 4.35. The second-order valence-corrected chi connectivity index (χ2v) is 3.26. The van der Waals surface area contributed by atoms with Gasteiger partial charge in [-0.3, -0.25) is 0 Å². The molecule has 0 amide bonds. The van der Waals surface area contributed by atoms with E-state index in [4.69, 9.17) is 0 Å². The van der Waals surface area contributed by atoms with E-state index in [1.165, 1.54) is 0 Å². The minimum Gasteiger partial charge on any atom is -0.206 e. The van der Waals surface area contributed by atoms with Crippen molar-refractivity contribution >= 4 is 11.8 Å². The summed E-state index contributed by atoms with van der Waals surface area (Å²) in [5.41, 5.74) is 0. The SMILES string of the molecule is C1COOOC1.C=CCSCC=C. The highest BCUT2D eigenvalue weighted by atomic mass is 32.2. The summed E-state index contributed by atoms with van der Waals surface area (Å²) in [5, 5.41) is 4.07. The molecule has 1 fully saturated rings. The highest BCUT2D eigenvalue weighted by Crippen LogP contribution is 1.97. The molecule has 4 heteroatoms. The number of hydrogen-bond acceptors (Lipinski definition) is 4. The Kier molecular flexibility index (Phi) is 11.4. The zero-order valence-corrected chi connectivity index (χ0v) is 8.55. The van der Waals surface area contributed by atoms with Crippen LogP contribution in [0.5, 0.6) is 0 Å². The molecule has 1 aliphatic rings. The van der Waals surface area contributed by atoms with Gasteiger partial charge in [0.2, 0.25) is 0 Å². The highest BCUT2D eigenvalue weighted by molar-refractivity contribution is 7.99. The van der Waals surface area contributed by atoms with E-state index < -0.39 is 0 Å². The van der Waals surface area contributed by atoms with E-state index in [0.29, 0.717) is 13.2 Å². The second-order valence-electron chi connectivity index (χ2n) is 2.18. The van der Waals surface area contributed by atoms with Gasteiger partial charge in [-0.15, -0.1) is 13.2 Å². The lowest BCUT2D eigenvalue weighted by Gasteiger charge is -2.06. The normalized spacial score (nSPS) is 15.4. The summed E-state index contributed by atoms with van der Waals surface area (Å²) in [6, 6.07) is 0. The fraction of sp³-hybridized carbons (Fsp3) is 0.556. The van der Waals surface area contributed by atoms with Gasteiger partial charge in [0.1, 0.15) is 0 Å². The van der Waals surface area contributed by atoms with E-state index in [1.54, 1.807) is 0 Å². The molecule has 0 aromatic carbocycles. The Morgan fingerprint density at radius 3 is 1.85 bits per heavy atom. The zero-order chi connectivity index (χ0) is 9.78. The summed E-state index contributed by atoms with van der Waals surface area (Å²) >= 11 is 1.82. The molecule has 1 saturated heterocycles. The first-order valence-electron chi connectivity index (χ1n) is 4.12. The van der Waals surface area contributed by atoms with Gasteiger partial charge in [0.25, 0.3) is 0 Å². The van der Waals surface area contributed by atoms with Gasteiger partial charge < -0.3 is 0 Å². The second kappa shape index (κ2) is 11.7. The fourth-order valence-electron chi connectivity index (χ4n) is 0.514. The molecule has 1 heterocycles. The molecular formula is C9H16O3S. The predicted molar refractivity (Wildman–Crippen MR) is 55.3 cm³/mol. The van der Waals surface area contributed by atoms with Gasteiger partial charge in [-0.1, -0.05) is 17.2 Å². The van der Waals surface area contributed by atoms with Crippen LogP contribution >= 0.6 is 11.8 Å². The first-order valence-corrected chi connectivity index (χ1v) is 5.28. The molecule has 13 heavy (non-hydrogen) atoms. The zero-order valence-electron chi connectivity index (χ0n) is 7.74. The molecule has 0 atom stereocenters. The van der Waals surface area contributed by atoms with Crippen LogP contribution in [0.1, 0.15) is 6.42 Å². The Bertz CT molecular complexity index is 105. The van der Waals surface area contributed by atoms with Crippen molar-refractivity contribution in [3.05, 3.63) is 25.3 Å². The van der Waals surface area contributed by atoms with Gasteiger partial charge in [0.15, 0.2) is 0 Å². The fourth-order valence-corrected chi connectivity index (χ4v) is 0.983. The third kappa shape index (κ3) is 11.7. The molecule has 0 unspecified atom stereocenters. The van der Waals surface area contributed by atoms with Crippen LogP contribution in [-0.4, -0.2) is 24.7 Å². The van der Waals surface area contributed by atoms with Crippen molar-refractivity contribution < 1.29 is 14.8 Å². The number of thioether (sulfide) groups is 1. The van der Waals surface area contributed by atoms with E-state index in [0.717, 1.165) is 17.9 Å². The summed E-state index contributed by atoms with van der Waals surface area (Å²) < 4.78 is 0. The van der Waals surface area contributed by atoms with Crippen molar-refractivity contribution in [3.63, 3.8) is 0 Å². The van der Waals surface area contributed by atoms with Crippen LogP contribution in [-0.2, 0) is 14.8 Å². The lowest BCUT2D eigenvalue weighted by molar-refractivity contribution is -0.532. The van der Waals surface area contributed by atoms with Gasteiger partial charge in [0.05, 0.1) is 13.2 Å². The molecule has 3 nitrogen and oxygen atoms in total. The van der Waals surface area contributed by atoms with Crippen LogP contribution in [0.3, 0.4) is 0 Å². The smallest absolute Gasteiger partial charge is 0.0877 e. The Labute approximate surface area is 83.6 Å². The third-order valence-corrected chi connectivity index (χ3v) is 1.97. The van der Waals surface area contributed by atoms with Crippen LogP contribution in [0.15, 0.2) is 25.3 Å². The van der Waals surface area contributed by atoms with Crippen LogP contribution in [0.2, 0.25) is 0 Å². The third-order valence-electron chi connectivity index (χ3n) is 1.02. The Morgan fingerprint density at radius 1 is 1.08 bits per heavy atom. The van der Waals surface area contributed by atoms with Gasteiger partial charge in [-0.2, -0.15) is 11.8 Å². The molecule has 0 bridgehead atoms. The lowest BCUT2D eigenvalue weighted by atomic mass is 10.5. The first kappa shape index (κ1) is 12.7. The summed E-state index contributed by atoms with van der Waals surface area (Å²) in [6.45, 7) is 8.46. The highest BCUT2D eigenvalue weighted by Gasteiger charge is 1.96. The van der Waals surface area contributed by atoms with Crippen molar-refractivity contribution in [1.29, 1.82) is 0 Å². The molecule has 1 rings (SSSR count). The average Bonchev–Trinajstić information content (AvgIpc) is 2.22. The minimum absolute atomic E-state index is 0.653.